The average molecular weight is 324 g/mol. The first-order chi connectivity index (χ1) is 11.9. The summed E-state index contributed by atoms with van der Waals surface area (Å²) in [5.74, 6) is 1.93. The van der Waals surface area contributed by atoms with Crippen molar-refractivity contribution in [2.45, 2.75) is 25.9 Å². The molecule has 7 nitrogen and oxygen atoms in total. The summed E-state index contributed by atoms with van der Waals surface area (Å²) >= 11 is 0. The lowest BCUT2D eigenvalue weighted by Gasteiger charge is -2.31. The fourth-order valence-corrected chi connectivity index (χ4v) is 3.27. The molecule has 0 bridgehead atoms. The number of aromatic nitrogens is 5. The maximum Gasteiger partial charge on any atom is 0.241 e. The Balaban J connectivity index is 1.37. The minimum absolute atomic E-state index is 0.624. The van der Waals surface area contributed by atoms with Gasteiger partial charge in [-0.15, -0.1) is 0 Å². The van der Waals surface area contributed by atoms with Crippen molar-refractivity contribution in [3.05, 3.63) is 49.1 Å². The molecule has 1 unspecified atom stereocenters. The lowest BCUT2D eigenvalue weighted by Crippen LogP contribution is -2.36. The summed E-state index contributed by atoms with van der Waals surface area (Å²) in [5, 5.41) is 4.08. The van der Waals surface area contributed by atoms with Gasteiger partial charge in [0, 0.05) is 43.4 Å². The maximum atomic E-state index is 5.42. The number of hydrogen-bond acceptors (Lipinski definition) is 6. The monoisotopic (exact) mass is 324 g/mol. The zero-order valence-corrected chi connectivity index (χ0v) is 13.5. The zero-order chi connectivity index (χ0) is 16.2. The van der Waals surface area contributed by atoms with Gasteiger partial charge in [-0.3, -0.25) is 9.88 Å². The molecule has 0 spiro atoms. The number of pyridine rings is 1. The molecule has 0 aliphatic carbocycles. The van der Waals surface area contributed by atoms with Crippen molar-refractivity contribution in [1.82, 2.24) is 29.6 Å². The first-order valence-corrected chi connectivity index (χ1v) is 8.28. The van der Waals surface area contributed by atoms with Crippen LogP contribution >= 0.6 is 0 Å². The SMILES string of the molecule is c1cc(-c2noc(CN3CCCC(Cn4ccnc4)C3)n2)ccn1. The summed E-state index contributed by atoms with van der Waals surface area (Å²) in [7, 11) is 0. The molecule has 0 amide bonds. The predicted octanol–water partition coefficient (Wildman–Crippen LogP) is 2.24. The second kappa shape index (κ2) is 6.92. The third kappa shape index (κ3) is 3.51. The predicted molar refractivity (Wildman–Crippen MR) is 87.8 cm³/mol. The van der Waals surface area contributed by atoms with Gasteiger partial charge in [-0.25, -0.2) is 4.98 Å². The summed E-state index contributed by atoms with van der Waals surface area (Å²) in [5.41, 5.74) is 0.927. The van der Waals surface area contributed by atoms with Crippen LogP contribution in [0.5, 0.6) is 0 Å². The van der Waals surface area contributed by atoms with Gasteiger partial charge in [0.15, 0.2) is 0 Å². The Morgan fingerprint density at radius 2 is 2.08 bits per heavy atom. The average Bonchev–Trinajstić information content (AvgIpc) is 3.28. The lowest BCUT2D eigenvalue weighted by atomic mass is 9.98. The van der Waals surface area contributed by atoms with Gasteiger partial charge in [0.25, 0.3) is 0 Å². The highest BCUT2D eigenvalue weighted by atomic mass is 16.5. The largest absolute Gasteiger partial charge is 0.338 e. The Kier molecular flexibility index (Phi) is 4.33. The molecule has 24 heavy (non-hydrogen) atoms. The molecule has 3 aromatic rings. The van der Waals surface area contributed by atoms with Gasteiger partial charge in [0.1, 0.15) is 0 Å². The van der Waals surface area contributed by atoms with Crippen molar-refractivity contribution < 1.29 is 4.52 Å². The number of piperidine rings is 1. The topological polar surface area (TPSA) is 72.9 Å². The molecule has 0 radical (unpaired) electrons. The van der Waals surface area contributed by atoms with Crippen molar-refractivity contribution in [1.29, 1.82) is 0 Å². The second-order valence-corrected chi connectivity index (χ2v) is 6.25. The molecular weight excluding hydrogens is 304 g/mol. The Labute approximate surface area is 140 Å². The highest BCUT2D eigenvalue weighted by Gasteiger charge is 2.22. The van der Waals surface area contributed by atoms with Gasteiger partial charge in [-0.1, -0.05) is 5.16 Å². The van der Waals surface area contributed by atoms with E-state index in [1.54, 1.807) is 12.4 Å². The van der Waals surface area contributed by atoms with Crippen molar-refractivity contribution in [3.8, 4) is 11.4 Å². The van der Waals surface area contributed by atoms with Crippen LogP contribution in [0.15, 0.2) is 47.8 Å². The van der Waals surface area contributed by atoms with Crippen molar-refractivity contribution >= 4 is 0 Å². The van der Waals surface area contributed by atoms with Gasteiger partial charge in [0.05, 0.1) is 12.9 Å². The first-order valence-electron chi connectivity index (χ1n) is 8.28. The van der Waals surface area contributed by atoms with E-state index in [9.17, 15) is 0 Å². The van der Waals surface area contributed by atoms with Crippen molar-refractivity contribution in [2.24, 2.45) is 5.92 Å². The van der Waals surface area contributed by atoms with Crippen LogP contribution < -0.4 is 0 Å². The molecule has 124 valence electrons. The Bertz CT molecular complexity index is 755. The molecule has 1 atom stereocenters. The number of imidazole rings is 1. The van der Waals surface area contributed by atoms with Crippen molar-refractivity contribution in [3.63, 3.8) is 0 Å². The summed E-state index contributed by atoms with van der Waals surface area (Å²) in [6.45, 7) is 3.85. The number of likely N-dealkylation sites (tertiary alicyclic amines) is 1. The smallest absolute Gasteiger partial charge is 0.241 e. The molecule has 7 heteroatoms. The molecule has 1 aliphatic rings. The maximum absolute atomic E-state index is 5.42. The number of hydrogen-bond donors (Lipinski definition) is 0. The molecule has 1 saturated heterocycles. The standard InChI is InChI=1S/C17H20N6O/c1-2-14(11-23-9-7-19-13-23)10-22(8-1)12-16-20-17(21-24-16)15-3-5-18-6-4-15/h3-7,9,13-14H,1-2,8,10-12H2. The highest BCUT2D eigenvalue weighted by Crippen LogP contribution is 2.21. The van der Waals surface area contributed by atoms with E-state index in [-0.39, 0.29) is 0 Å². The van der Waals surface area contributed by atoms with E-state index in [4.69, 9.17) is 4.52 Å². The van der Waals surface area contributed by atoms with Crippen LogP contribution in [0.25, 0.3) is 11.4 Å². The van der Waals surface area contributed by atoms with Crippen LogP contribution in [0.4, 0.5) is 0 Å². The normalized spacial score (nSPS) is 18.8. The molecule has 4 heterocycles. The minimum Gasteiger partial charge on any atom is -0.338 e. The number of rotatable bonds is 5. The summed E-state index contributed by atoms with van der Waals surface area (Å²) < 4.78 is 7.58. The fourth-order valence-electron chi connectivity index (χ4n) is 3.27. The summed E-state index contributed by atoms with van der Waals surface area (Å²) in [6.07, 6.45) is 11.7. The Hall–Kier alpha value is -2.54. The fraction of sp³-hybridized carbons (Fsp3) is 0.412. The number of nitrogens with zero attached hydrogens (tertiary/aromatic N) is 6. The van der Waals surface area contributed by atoms with E-state index < -0.39 is 0 Å². The third-order valence-electron chi connectivity index (χ3n) is 4.40. The van der Waals surface area contributed by atoms with E-state index in [1.165, 1.54) is 12.8 Å². The quantitative estimate of drug-likeness (QED) is 0.716. The van der Waals surface area contributed by atoms with Crippen LogP contribution in [-0.2, 0) is 13.1 Å². The zero-order valence-electron chi connectivity index (χ0n) is 13.5. The lowest BCUT2D eigenvalue weighted by molar-refractivity contribution is 0.140. The van der Waals surface area contributed by atoms with Gasteiger partial charge < -0.3 is 9.09 Å². The summed E-state index contributed by atoms with van der Waals surface area (Å²) in [6, 6.07) is 3.77. The molecule has 4 rings (SSSR count). The van der Waals surface area contributed by atoms with Crippen LogP contribution in [0.2, 0.25) is 0 Å². The van der Waals surface area contributed by atoms with Gasteiger partial charge in [-0.05, 0) is 37.4 Å². The van der Waals surface area contributed by atoms with Crippen LogP contribution in [0.3, 0.4) is 0 Å². The van der Waals surface area contributed by atoms with Gasteiger partial charge >= 0.3 is 0 Å². The molecule has 3 aromatic heterocycles. The highest BCUT2D eigenvalue weighted by molar-refractivity contribution is 5.52. The molecule has 0 N–H and O–H groups in total. The van der Waals surface area contributed by atoms with E-state index >= 15 is 0 Å². The van der Waals surface area contributed by atoms with Gasteiger partial charge in [0.2, 0.25) is 11.7 Å². The Morgan fingerprint density at radius 1 is 1.17 bits per heavy atom. The molecular formula is C17H20N6O. The Morgan fingerprint density at radius 3 is 2.92 bits per heavy atom. The summed E-state index contributed by atoms with van der Waals surface area (Å²) in [4.78, 5) is 15.0. The third-order valence-corrected chi connectivity index (χ3v) is 4.40. The van der Waals surface area contributed by atoms with Crippen LogP contribution in [-0.4, -0.2) is 42.7 Å². The van der Waals surface area contributed by atoms with E-state index in [2.05, 4.69) is 29.6 Å². The van der Waals surface area contributed by atoms with Crippen LogP contribution in [0.1, 0.15) is 18.7 Å². The van der Waals surface area contributed by atoms with E-state index in [1.807, 2.05) is 30.9 Å². The van der Waals surface area contributed by atoms with Crippen molar-refractivity contribution in [2.75, 3.05) is 13.1 Å². The molecule has 0 aromatic carbocycles. The van der Waals surface area contributed by atoms with Gasteiger partial charge in [-0.2, -0.15) is 4.98 Å². The second-order valence-electron chi connectivity index (χ2n) is 6.25. The minimum atomic E-state index is 0.624. The van der Waals surface area contributed by atoms with E-state index in [0.717, 1.165) is 25.2 Å². The molecule has 1 aliphatic heterocycles. The molecule has 0 saturated carbocycles. The van der Waals surface area contributed by atoms with E-state index in [0.29, 0.717) is 24.2 Å². The van der Waals surface area contributed by atoms with Crippen LogP contribution in [0, 0.1) is 5.92 Å². The first kappa shape index (κ1) is 15.0. The molecule has 1 fully saturated rings.